The van der Waals surface area contributed by atoms with Crippen LogP contribution in [0.2, 0.25) is 0 Å². The lowest BCUT2D eigenvalue weighted by Crippen LogP contribution is -2.39. The van der Waals surface area contributed by atoms with E-state index in [1.165, 1.54) is 30.0 Å². The van der Waals surface area contributed by atoms with E-state index in [1.807, 2.05) is 20.8 Å². The number of nitrogens with zero attached hydrogens (tertiary/aromatic N) is 3. The molecule has 1 atom stereocenters. The van der Waals surface area contributed by atoms with E-state index in [2.05, 4.69) is 4.98 Å². The largest absolute Gasteiger partial charge is 0.444 e. The van der Waals surface area contributed by atoms with E-state index in [1.54, 1.807) is 9.80 Å². The zero-order chi connectivity index (χ0) is 19.1. The molecule has 1 unspecified atom stereocenters. The minimum absolute atomic E-state index is 0.00107. The van der Waals surface area contributed by atoms with Crippen molar-refractivity contribution in [1.29, 1.82) is 0 Å². The van der Waals surface area contributed by atoms with Crippen LogP contribution >= 0.6 is 23.1 Å². The maximum atomic E-state index is 12.3. The molecule has 1 aromatic rings. The molecule has 0 aromatic carbocycles. The summed E-state index contributed by atoms with van der Waals surface area (Å²) in [5.74, 6) is -0.00107. The van der Waals surface area contributed by atoms with Gasteiger partial charge in [-0.2, -0.15) is 0 Å². The zero-order valence-electron chi connectivity index (χ0n) is 15.4. The quantitative estimate of drug-likeness (QED) is 0.763. The van der Waals surface area contributed by atoms with Crippen LogP contribution in [0.3, 0.4) is 0 Å². The van der Waals surface area contributed by atoms with Crippen molar-refractivity contribution >= 4 is 45.3 Å². The fourth-order valence-electron chi connectivity index (χ4n) is 2.95. The standard InChI is InChI=1S/C17H23N3O4S2/c1-10(21)25-11-7-14(22)20(8-11)15-18-12-5-6-19(9-13(12)26-15)16(23)24-17(2,3)4/h11H,5-9H2,1-4H3. The van der Waals surface area contributed by atoms with Crippen LogP contribution in [0.5, 0.6) is 0 Å². The topological polar surface area (TPSA) is 79.8 Å². The zero-order valence-corrected chi connectivity index (χ0v) is 17.0. The van der Waals surface area contributed by atoms with E-state index in [0.29, 0.717) is 37.6 Å². The average molecular weight is 398 g/mol. The van der Waals surface area contributed by atoms with Gasteiger partial charge in [-0.3, -0.25) is 14.5 Å². The predicted molar refractivity (Wildman–Crippen MR) is 101 cm³/mol. The van der Waals surface area contributed by atoms with E-state index in [9.17, 15) is 14.4 Å². The Morgan fingerprint density at radius 2 is 2.08 bits per heavy atom. The van der Waals surface area contributed by atoms with Crippen LogP contribution in [0.25, 0.3) is 0 Å². The summed E-state index contributed by atoms with van der Waals surface area (Å²) in [6, 6.07) is 0. The van der Waals surface area contributed by atoms with Crippen molar-refractivity contribution in [1.82, 2.24) is 9.88 Å². The molecule has 0 bridgehead atoms. The molecular formula is C17H23N3O4S2. The van der Waals surface area contributed by atoms with Gasteiger partial charge in [-0.25, -0.2) is 9.78 Å². The van der Waals surface area contributed by atoms with Gasteiger partial charge in [0.1, 0.15) is 5.60 Å². The molecule has 0 N–H and O–H groups in total. The summed E-state index contributed by atoms with van der Waals surface area (Å²) in [6.45, 7) is 8.58. The second-order valence-corrected chi connectivity index (χ2v) is 10.00. The molecule has 2 amide bonds. The number of aromatic nitrogens is 1. The third-order valence-electron chi connectivity index (χ3n) is 4.02. The van der Waals surface area contributed by atoms with E-state index in [0.717, 1.165) is 10.6 Å². The molecule has 1 saturated heterocycles. The second-order valence-electron chi connectivity index (χ2n) is 7.46. The Labute approximate surface area is 161 Å². The molecule has 9 heteroatoms. The van der Waals surface area contributed by atoms with Gasteiger partial charge in [0.05, 0.1) is 12.2 Å². The van der Waals surface area contributed by atoms with Gasteiger partial charge in [-0.05, 0) is 20.8 Å². The number of ether oxygens (including phenoxy) is 1. The number of carbonyl (C=O) groups excluding carboxylic acids is 3. The molecule has 2 aliphatic heterocycles. The Morgan fingerprint density at radius 1 is 1.35 bits per heavy atom. The fraction of sp³-hybridized carbons (Fsp3) is 0.647. The number of fused-ring (bicyclic) bond motifs is 1. The molecule has 0 saturated carbocycles. The lowest BCUT2D eigenvalue weighted by molar-refractivity contribution is -0.117. The number of carbonyl (C=O) groups is 3. The maximum absolute atomic E-state index is 12.3. The third kappa shape index (κ3) is 4.37. The van der Waals surface area contributed by atoms with Crippen LogP contribution < -0.4 is 4.90 Å². The number of hydrogen-bond acceptors (Lipinski definition) is 7. The molecule has 0 radical (unpaired) electrons. The van der Waals surface area contributed by atoms with Gasteiger partial charge in [-0.1, -0.05) is 23.1 Å². The lowest BCUT2D eigenvalue weighted by atomic mass is 10.2. The highest BCUT2D eigenvalue weighted by atomic mass is 32.2. The average Bonchev–Trinajstić information content (AvgIpc) is 3.06. The smallest absolute Gasteiger partial charge is 0.410 e. The summed E-state index contributed by atoms with van der Waals surface area (Å²) in [5, 5.41) is 0.674. The number of anilines is 1. The summed E-state index contributed by atoms with van der Waals surface area (Å²) in [5.41, 5.74) is 0.418. The Kier molecular flexibility index (Phi) is 5.30. The molecule has 26 heavy (non-hydrogen) atoms. The Morgan fingerprint density at radius 3 is 2.73 bits per heavy atom. The van der Waals surface area contributed by atoms with E-state index in [4.69, 9.17) is 4.74 Å². The molecule has 1 aromatic heterocycles. The highest BCUT2D eigenvalue weighted by molar-refractivity contribution is 8.14. The maximum Gasteiger partial charge on any atom is 0.410 e. The van der Waals surface area contributed by atoms with Crippen LogP contribution in [-0.4, -0.2) is 50.9 Å². The monoisotopic (exact) mass is 397 g/mol. The third-order valence-corrected chi connectivity index (χ3v) is 6.11. The molecule has 2 aliphatic rings. The normalized spacial score (nSPS) is 20.3. The van der Waals surface area contributed by atoms with Crippen molar-refractivity contribution in [3.63, 3.8) is 0 Å². The first-order valence-corrected chi connectivity index (χ1v) is 10.3. The van der Waals surface area contributed by atoms with Gasteiger partial charge in [0.15, 0.2) is 10.2 Å². The van der Waals surface area contributed by atoms with Crippen LogP contribution in [0.15, 0.2) is 0 Å². The van der Waals surface area contributed by atoms with Crippen LogP contribution in [0.1, 0.15) is 44.7 Å². The van der Waals surface area contributed by atoms with Crippen molar-refractivity contribution in [2.75, 3.05) is 18.0 Å². The summed E-state index contributed by atoms with van der Waals surface area (Å²) in [7, 11) is 0. The lowest BCUT2D eigenvalue weighted by Gasteiger charge is -2.29. The number of amides is 2. The summed E-state index contributed by atoms with van der Waals surface area (Å²) < 4.78 is 5.44. The predicted octanol–water partition coefficient (Wildman–Crippen LogP) is 2.82. The van der Waals surface area contributed by atoms with Gasteiger partial charge < -0.3 is 9.64 Å². The molecule has 7 nitrogen and oxygen atoms in total. The Bertz CT molecular complexity index is 741. The summed E-state index contributed by atoms with van der Waals surface area (Å²) in [4.78, 5) is 44.8. The highest BCUT2D eigenvalue weighted by Gasteiger charge is 2.35. The number of thioether (sulfide) groups is 1. The van der Waals surface area contributed by atoms with Crippen molar-refractivity contribution in [3.05, 3.63) is 10.6 Å². The minimum atomic E-state index is -0.526. The van der Waals surface area contributed by atoms with Crippen molar-refractivity contribution in [2.24, 2.45) is 0 Å². The van der Waals surface area contributed by atoms with Gasteiger partial charge in [0.25, 0.3) is 0 Å². The molecule has 3 rings (SSSR count). The summed E-state index contributed by atoms with van der Waals surface area (Å²) >= 11 is 2.66. The highest BCUT2D eigenvalue weighted by Crippen LogP contribution is 2.35. The molecule has 0 aliphatic carbocycles. The van der Waals surface area contributed by atoms with Gasteiger partial charge >= 0.3 is 6.09 Å². The van der Waals surface area contributed by atoms with E-state index >= 15 is 0 Å². The molecule has 0 spiro atoms. The van der Waals surface area contributed by atoms with Crippen molar-refractivity contribution in [3.8, 4) is 0 Å². The van der Waals surface area contributed by atoms with Crippen LogP contribution in [0, 0.1) is 0 Å². The summed E-state index contributed by atoms with van der Waals surface area (Å²) in [6.07, 6.45) is 0.685. The van der Waals surface area contributed by atoms with Gasteiger partial charge in [0.2, 0.25) is 5.91 Å². The first kappa shape index (κ1) is 19.2. The van der Waals surface area contributed by atoms with E-state index < -0.39 is 5.60 Å². The van der Waals surface area contributed by atoms with Crippen LogP contribution in [-0.2, 0) is 27.3 Å². The number of hydrogen-bond donors (Lipinski definition) is 0. The first-order chi connectivity index (χ1) is 12.1. The van der Waals surface area contributed by atoms with E-state index in [-0.39, 0.29) is 22.4 Å². The SMILES string of the molecule is CC(=O)SC1CC(=O)N(c2nc3c(s2)CN(C(=O)OC(C)(C)C)CC3)C1. The fourth-order valence-corrected chi connectivity index (χ4v) is 5.02. The number of thiazole rings is 1. The van der Waals surface area contributed by atoms with Crippen molar-refractivity contribution < 1.29 is 19.1 Å². The number of rotatable bonds is 2. The second kappa shape index (κ2) is 7.19. The molecule has 3 heterocycles. The minimum Gasteiger partial charge on any atom is -0.444 e. The Balaban J connectivity index is 1.69. The van der Waals surface area contributed by atoms with Crippen molar-refractivity contribution in [2.45, 2.75) is 57.9 Å². The Hall–Kier alpha value is -1.61. The van der Waals surface area contributed by atoms with Gasteiger partial charge in [-0.15, -0.1) is 0 Å². The molecule has 1 fully saturated rings. The molecular weight excluding hydrogens is 374 g/mol. The molecule has 142 valence electrons. The van der Waals surface area contributed by atoms with Crippen LogP contribution in [0.4, 0.5) is 9.93 Å². The van der Waals surface area contributed by atoms with Gasteiger partial charge in [0, 0.05) is 43.0 Å². The first-order valence-electron chi connectivity index (χ1n) is 8.56.